The average molecular weight is 400 g/mol. The Labute approximate surface area is 168 Å². The summed E-state index contributed by atoms with van der Waals surface area (Å²) in [4.78, 5) is 26.1. The van der Waals surface area contributed by atoms with Crippen molar-refractivity contribution in [2.75, 3.05) is 30.4 Å². The van der Waals surface area contributed by atoms with E-state index < -0.39 is 11.8 Å². The van der Waals surface area contributed by atoms with E-state index in [9.17, 15) is 18.4 Å². The first-order valence-electron chi connectivity index (χ1n) is 9.34. The van der Waals surface area contributed by atoms with Crippen LogP contribution < -0.4 is 10.2 Å². The van der Waals surface area contributed by atoms with E-state index in [1.807, 2.05) is 0 Å². The lowest BCUT2D eigenvalue weighted by Gasteiger charge is -2.33. The number of carbonyl (C=O) groups is 2. The molecule has 152 valence electrons. The zero-order valence-electron chi connectivity index (χ0n) is 16.0. The van der Waals surface area contributed by atoms with Crippen LogP contribution in [0.25, 0.3) is 6.08 Å². The molecule has 29 heavy (non-hydrogen) atoms. The topological polar surface area (TPSA) is 58.6 Å². The molecule has 1 fully saturated rings. The number of nitrogens with zero attached hydrogens (tertiary/aromatic N) is 1. The SMILES string of the molecule is COC(=O)C=Cc1cccc(F)c1NC(=O)C1CCN(c2ccc(F)cc2)CC1. The van der Waals surface area contributed by atoms with Crippen LogP contribution in [0.3, 0.4) is 0 Å². The number of rotatable bonds is 5. The Morgan fingerprint density at radius 1 is 1.10 bits per heavy atom. The van der Waals surface area contributed by atoms with E-state index in [-0.39, 0.29) is 23.3 Å². The van der Waals surface area contributed by atoms with E-state index in [2.05, 4.69) is 15.0 Å². The molecule has 0 spiro atoms. The van der Waals surface area contributed by atoms with E-state index >= 15 is 0 Å². The van der Waals surface area contributed by atoms with Crippen LogP contribution in [0.5, 0.6) is 0 Å². The molecular weight excluding hydrogens is 378 g/mol. The van der Waals surface area contributed by atoms with Gasteiger partial charge in [0.15, 0.2) is 0 Å². The molecule has 1 aliphatic heterocycles. The smallest absolute Gasteiger partial charge is 0.330 e. The summed E-state index contributed by atoms with van der Waals surface area (Å²) in [6.07, 6.45) is 3.78. The summed E-state index contributed by atoms with van der Waals surface area (Å²) in [5, 5.41) is 2.67. The molecular formula is C22H22F2N2O3. The summed E-state index contributed by atoms with van der Waals surface area (Å²) in [6, 6.07) is 10.6. The molecule has 7 heteroatoms. The number of nitrogens with one attached hydrogen (secondary N) is 1. The Balaban J connectivity index is 1.65. The number of hydrogen-bond acceptors (Lipinski definition) is 4. The Morgan fingerprint density at radius 2 is 1.79 bits per heavy atom. The van der Waals surface area contributed by atoms with Crippen molar-refractivity contribution in [2.24, 2.45) is 5.92 Å². The fourth-order valence-electron chi connectivity index (χ4n) is 3.31. The first-order valence-corrected chi connectivity index (χ1v) is 9.34. The first kappa shape index (κ1) is 20.5. The number of anilines is 2. The third-order valence-corrected chi connectivity index (χ3v) is 4.95. The van der Waals surface area contributed by atoms with Crippen molar-refractivity contribution in [1.29, 1.82) is 0 Å². The summed E-state index contributed by atoms with van der Waals surface area (Å²) in [7, 11) is 1.25. The maximum atomic E-state index is 14.3. The minimum atomic E-state index is -0.575. The predicted molar refractivity (Wildman–Crippen MR) is 107 cm³/mol. The first-order chi connectivity index (χ1) is 14.0. The number of hydrogen-bond donors (Lipinski definition) is 1. The summed E-state index contributed by atoms with van der Waals surface area (Å²) in [6.45, 7) is 1.30. The van der Waals surface area contributed by atoms with Crippen molar-refractivity contribution in [3.63, 3.8) is 0 Å². The van der Waals surface area contributed by atoms with Gasteiger partial charge in [0.05, 0.1) is 12.8 Å². The molecule has 5 nitrogen and oxygen atoms in total. The minimum absolute atomic E-state index is 0.0404. The number of para-hydroxylation sites is 1. The molecule has 1 saturated heterocycles. The summed E-state index contributed by atoms with van der Waals surface area (Å²) < 4.78 is 31.9. The van der Waals surface area contributed by atoms with Crippen molar-refractivity contribution in [1.82, 2.24) is 0 Å². The maximum absolute atomic E-state index is 14.3. The zero-order chi connectivity index (χ0) is 20.8. The van der Waals surface area contributed by atoms with Gasteiger partial charge in [0, 0.05) is 36.3 Å². The number of piperidine rings is 1. The molecule has 2 aromatic carbocycles. The number of halogens is 2. The summed E-state index contributed by atoms with van der Waals surface area (Å²) in [5.41, 5.74) is 1.33. The number of esters is 1. The van der Waals surface area contributed by atoms with Gasteiger partial charge in [-0.2, -0.15) is 0 Å². The van der Waals surface area contributed by atoms with Gasteiger partial charge in [-0.05, 0) is 49.2 Å². The van der Waals surface area contributed by atoms with Gasteiger partial charge in [0.1, 0.15) is 11.6 Å². The van der Waals surface area contributed by atoms with Crippen molar-refractivity contribution < 1.29 is 23.1 Å². The van der Waals surface area contributed by atoms with Crippen LogP contribution in [0.4, 0.5) is 20.2 Å². The van der Waals surface area contributed by atoms with Crippen LogP contribution in [0.1, 0.15) is 18.4 Å². The fourth-order valence-corrected chi connectivity index (χ4v) is 3.31. The molecule has 1 heterocycles. The van der Waals surface area contributed by atoms with E-state index in [4.69, 9.17) is 0 Å². The van der Waals surface area contributed by atoms with Crippen molar-refractivity contribution in [3.05, 3.63) is 65.7 Å². The normalized spacial score (nSPS) is 14.8. The van der Waals surface area contributed by atoms with Crippen LogP contribution in [0.15, 0.2) is 48.5 Å². The largest absolute Gasteiger partial charge is 0.466 e. The Morgan fingerprint density at radius 3 is 2.45 bits per heavy atom. The second-order valence-corrected chi connectivity index (χ2v) is 6.79. The van der Waals surface area contributed by atoms with Gasteiger partial charge >= 0.3 is 5.97 Å². The molecule has 0 bridgehead atoms. The van der Waals surface area contributed by atoms with Crippen molar-refractivity contribution in [2.45, 2.75) is 12.8 Å². The fraction of sp³-hybridized carbons (Fsp3) is 0.273. The third-order valence-electron chi connectivity index (χ3n) is 4.95. The van der Waals surface area contributed by atoms with Gasteiger partial charge in [0.25, 0.3) is 0 Å². The number of ether oxygens (including phenoxy) is 1. The summed E-state index contributed by atoms with van der Waals surface area (Å²) in [5.74, 6) is -1.95. The monoisotopic (exact) mass is 400 g/mol. The van der Waals surface area contributed by atoms with E-state index in [0.29, 0.717) is 31.5 Å². The van der Waals surface area contributed by atoms with Gasteiger partial charge in [-0.1, -0.05) is 12.1 Å². The van der Waals surface area contributed by atoms with E-state index in [1.54, 1.807) is 18.2 Å². The molecule has 1 N–H and O–H groups in total. The zero-order valence-corrected chi connectivity index (χ0v) is 16.0. The molecule has 1 aliphatic rings. The van der Waals surface area contributed by atoms with Crippen LogP contribution in [-0.2, 0) is 14.3 Å². The third kappa shape index (κ3) is 5.19. The highest BCUT2D eigenvalue weighted by Crippen LogP contribution is 2.27. The number of benzene rings is 2. The lowest BCUT2D eigenvalue weighted by molar-refractivity contribution is -0.134. The number of amides is 1. The molecule has 0 aromatic heterocycles. The van der Waals surface area contributed by atoms with Gasteiger partial charge in [-0.25, -0.2) is 13.6 Å². The molecule has 2 aromatic rings. The second-order valence-electron chi connectivity index (χ2n) is 6.79. The van der Waals surface area contributed by atoms with Crippen LogP contribution >= 0.6 is 0 Å². The van der Waals surface area contributed by atoms with Gasteiger partial charge in [-0.15, -0.1) is 0 Å². The molecule has 3 rings (SSSR count). The highest BCUT2D eigenvalue weighted by atomic mass is 19.1. The second kappa shape index (κ2) is 9.32. The molecule has 0 radical (unpaired) electrons. The Hall–Kier alpha value is -3.22. The standard InChI is InChI=1S/C22H22F2N2O3/c1-29-20(27)10-5-15-3-2-4-19(24)21(15)25-22(28)16-11-13-26(14-12-16)18-8-6-17(23)7-9-18/h2-10,16H,11-14H2,1H3,(H,25,28). The number of carbonyl (C=O) groups excluding carboxylic acids is 2. The van der Waals surface area contributed by atoms with Crippen LogP contribution in [-0.4, -0.2) is 32.1 Å². The van der Waals surface area contributed by atoms with Gasteiger partial charge < -0.3 is 15.0 Å². The molecule has 1 amide bonds. The molecule has 0 atom stereocenters. The van der Waals surface area contributed by atoms with Crippen molar-refractivity contribution in [3.8, 4) is 0 Å². The Bertz CT molecular complexity index is 905. The predicted octanol–water partition coefficient (Wildman–Crippen LogP) is 4.01. The molecule has 0 unspecified atom stereocenters. The minimum Gasteiger partial charge on any atom is -0.466 e. The average Bonchev–Trinajstić information content (AvgIpc) is 2.74. The van der Waals surface area contributed by atoms with Crippen molar-refractivity contribution >= 4 is 29.3 Å². The lowest BCUT2D eigenvalue weighted by Crippen LogP contribution is -2.38. The van der Waals surface area contributed by atoms with Crippen LogP contribution in [0.2, 0.25) is 0 Å². The van der Waals surface area contributed by atoms with Gasteiger partial charge in [0.2, 0.25) is 5.91 Å². The highest BCUT2D eigenvalue weighted by Gasteiger charge is 2.26. The van der Waals surface area contributed by atoms with E-state index in [0.717, 1.165) is 5.69 Å². The van der Waals surface area contributed by atoms with Crippen LogP contribution in [0, 0.1) is 17.6 Å². The lowest BCUT2D eigenvalue weighted by atomic mass is 9.95. The molecule has 0 aliphatic carbocycles. The quantitative estimate of drug-likeness (QED) is 0.609. The van der Waals surface area contributed by atoms with E-state index in [1.165, 1.54) is 43.5 Å². The van der Waals surface area contributed by atoms with Gasteiger partial charge in [-0.3, -0.25) is 4.79 Å². The highest BCUT2D eigenvalue weighted by molar-refractivity contribution is 5.96. The number of methoxy groups -OCH3 is 1. The maximum Gasteiger partial charge on any atom is 0.330 e. The molecule has 0 saturated carbocycles. The summed E-state index contributed by atoms with van der Waals surface area (Å²) >= 11 is 0. The Kier molecular flexibility index (Phi) is 6.59.